The number of aliphatic hydroxyl groups excluding tert-OH is 1. The molecule has 0 bridgehead atoms. The van der Waals surface area contributed by atoms with Gasteiger partial charge in [-0.3, -0.25) is 14.7 Å². The topological polar surface area (TPSA) is 95.1 Å². The molecule has 1 amide bonds. The maximum absolute atomic E-state index is 12.2. The molecular weight excluding hydrogens is 282 g/mol. The first-order valence-electron chi connectivity index (χ1n) is 7.06. The van der Waals surface area contributed by atoms with Crippen molar-refractivity contribution in [1.82, 2.24) is 15.5 Å². The summed E-state index contributed by atoms with van der Waals surface area (Å²) >= 11 is 0. The SMILES string of the molecule is CC(=O)c1cc(C(=O)N[C@@H](CCO)c2ccc(C)cc2)[nH]n1. The Balaban J connectivity index is 2.14. The van der Waals surface area contributed by atoms with Crippen molar-refractivity contribution in [3.05, 3.63) is 52.8 Å². The molecule has 22 heavy (non-hydrogen) atoms. The lowest BCUT2D eigenvalue weighted by molar-refractivity contribution is 0.0924. The highest BCUT2D eigenvalue weighted by Gasteiger charge is 2.18. The molecule has 0 aliphatic rings. The second kappa shape index (κ2) is 7.00. The number of benzene rings is 1. The summed E-state index contributed by atoms with van der Waals surface area (Å²) in [6.07, 6.45) is 0.405. The van der Waals surface area contributed by atoms with Gasteiger partial charge in [0.05, 0.1) is 6.04 Å². The number of carbonyl (C=O) groups is 2. The molecule has 1 heterocycles. The summed E-state index contributed by atoms with van der Waals surface area (Å²) in [6.45, 7) is 3.33. The molecule has 6 heteroatoms. The van der Waals surface area contributed by atoms with E-state index in [1.54, 1.807) is 0 Å². The Hall–Kier alpha value is -2.47. The third-order valence-electron chi connectivity index (χ3n) is 3.39. The summed E-state index contributed by atoms with van der Waals surface area (Å²) in [6, 6.07) is 8.87. The Labute approximate surface area is 128 Å². The van der Waals surface area contributed by atoms with Crippen molar-refractivity contribution in [3.8, 4) is 0 Å². The minimum Gasteiger partial charge on any atom is -0.396 e. The van der Waals surface area contributed by atoms with Crippen molar-refractivity contribution in [2.75, 3.05) is 6.61 Å². The molecule has 0 spiro atoms. The van der Waals surface area contributed by atoms with Gasteiger partial charge in [0.2, 0.25) is 0 Å². The predicted molar refractivity (Wildman–Crippen MR) is 81.7 cm³/mol. The largest absolute Gasteiger partial charge is 0.396 e. The molecular formula is C16H19N3O3. The standard InChI is InChI=1S/C16H19N3O3/c1-10-3-5-12(6-4-10)13(7-8-20)17-16(22)15-9-14(11(2)21)18-19-15/h3-6,9,13,20H,7-8H2,1-2H3,(H,17,22)(H,18,19)/t13-/m0/s1. The number of hydrogen-bond donors (Lipinski definition) is 3. The maximum Gasteiger partial charge on any atom is 0.269 e. The van der Waals surface area contributed by atoms with Crippen molar-refractivity contribution in [2.24, 2.45) is 0 Å². The van der Waals surface area contributed by atoms with Crippen molar-refractivity contribution < 1.29 is 14.7 Å². The lowest BCUT2D eigenvalue weighted by atomic mass is 10.0. The number of rotatable bonds is 6. The van der Waals surface area contributed by atoms with E-state index in [-0.39, 0.29) is 35.7 Å². The van der Waals surface area contributed by atoms with E-state index in [0.717, 1.165) is 11.1 Å². The predicted octanol–water partition coefficient (Wildman–Crippen LogP) is 1.77. The van der Waals surface area contributed by atoms with Gasteiger partial charge in [0, 0.05) is 13.5 Å². The van der Waals surface area contributed by atoms with Crippen LogP contribution in [0.15, 0.2) is 30.3 Å². The normalized spacial score (nSPS) is 12.0. The van der Waals surface area contributed by atoms with Gasteiger partial charge in [-0.1, -0.05) is 29.8 Å². The van der Waals surface area contributed by atoms with Crippen LogP contribution in [0.2, 0.25) is 0 Å². The molecule has 2 aromatic rings. The number of amides is 1. The van der Waals surface area contributed by atoms with Crippen LogP contribution in [0.25, 0.3) is 0 Å². The van der Waals surface area contributed by atoms with Gasteiger partial charge in [-0.05, 0) is 25.0 Å². The number of ketones is 1. The van der Waals surface area contributed by atoms with Crippen LogP contribution in [0, 0.1) is 6.92 Å². The molecule has 0 aliphatic heterocycles. The number of Topliss-reactive ketones (excluding diaryl/α,β-unsaturated/α-hetero) is 1. The molecule has 0 radical (unpaired) electrons. The van der Waals surface area contributed by atoms with Gasteiger partial charge in [0.1, 0.15) is 11.4 Å². The molecule has 3 N–H and O–H groups in total. The van der Waals surface area contributed by atoms with Crippen LogP contribution in [0.5, 0.6) is 0 Å². The molecule has 2 rings (SSSR count). The molecule has 0 fully saturated rings. The van der Waals surface area contributed by atoms with E-state index in [2.05, 4.69) is 15.5 Å². The first-order chi connectivity index (χ1) is 10.5. The number of aliphatic hydroxyl groups is 1. The molecule has 0 unspecified atom stereocenters. The zero-order valence-electron chi connectivity index (χ0n) is 12.6. The zero-order chi connectivity index (χ0) is 16.1. The van der Waals surface area contributed by atoms with Crippen molar-refractivity contribution >= 4 is 11.7 Å². The second-order valence-electron chi connectivity index (χ2n) is 5.17. The molecule has 1 aromatic heterocycles. The molecule has 0 saturated heterocycles. The van der Waals surface area contributed by atoms with Gasteiger partial charge in [-0.2, -0.15) is 5.10 Å². The molecule has 0 aliphatic carbocycles. The highest BCUT2D eigenvalue weighted by molar-refractivity contribution is 5.97. The van der Waals surface area contributed by atoms with Gasteiger partial charge >= 0.3 is 0 Å². The van der Waals surface area contributed by atoms with E-state index < -0.39 is 0 Å². The molecule has 1 aromatic carbocycles. The van der Waals surface area contributed by atoms with Crippen LogP contribution in [-0.2, 0) is 0 Å². The first kappa shape index (κ1) is 15.9. The third kappa shape index (κ3) is 3.79. The summed E-state index contributed by atoms with van der Waals surface area (Å²) in [5, 5.41) is 18.4. The highest BCUT2D eigenvalue weighted by atomic mass is 16.3. The second-order valence-corrected chi connectivity index (χ2v) is 5.17. The summed E-state index contributed by atoms with van der Waals surface area (Å²) in [4.78, 5) is 23.4. The van der Waals surface area contributed by atoms with E-state index in [9.17, 15) is 14.7 Å². The van der Waals surface area contributed by atoms with Gasteiger partial charge in [-0.15, -0.1) is 0 Å². The highest BCUT2D eigenvalue weighted by Crippen LogP contribution is 2.18. The summed E-state index contributed by atoms with van der Waals surface area (Å²) in [5.41, 5.74) is 2.48. The minimum atomic E-state index is -0.362. The molecule has 116 valence electrons. The number of carbonyl (C=O) groups excluding carboxylic acids is 2. The van der Waals surface area contributed by atoms with Crippen LogP contribution in [0.4, 0.5) is 0 Å². The van der Waals surface area contributed by atoms with E-state index >= 15 is 0 Å². The van der Waals surface area contributed by atoms with Crippen LogP contribution in [-0.4, -0.2) is 33.6 Å². The molecule has 1 atom stereocenters. The van der Waals surface area contributed by atoms with E-state index in [1.807, 2.05) is 31.2 Å². The summed E-state index contributed by atoms with van der Waals surface area (Å²) < 4.78 is 0. The van der Waals surface area contributed by atoms with Crippen LogP contribution >= 0.6 is 0 Å². The molecule has 0 saturated carbocycles. The number of hydrogen-bond acceptors (Lipinski definition) is 4. The quantitative estimate of drug-likeness (QED) is 0.709. The van der Waals surface area contributed by atoms with Crippen LogP contribution in [0.1, 0.15) is 51.5 Å². The fourth-order valence-corrected chi connectivity index (χ4v) is 2.10. The van der Waals surface area contributed by atoms with Gasteiger partial charge in [0.15, 0.2) is 5.78 Å². The zero-order valence-corrected chi connectivity index (χ0v) is 12.6. The number of nitrogens with one attached hydrogen (secondary N) is 2. The number of H-pyrrole nitrogens is 1. The fraction of sp³-hybridized carbons (Fsp3) is 0.312. The lowest BCUT2D eigenvalue weighted by Gasteiger charge is -2.18. The van der Waals surface area contributed by atoms with Gasteiger partial charge in [0.25, 0.3) is 5.91 Å². The van der Waals surface area contributed by atoms with E-state index in [1.165, 1.54) is 13.0 Å². The Kier molecular flexibility index (Phi) is 5.06. The average molecular weight is 301 g/mol. The number of aryl methyl sites for hydroxylation is 1. The Morgan fingerprint density at radius 1 is 1.32 bits per heavy atom. The van der Waals surface area contributed by atoms with Crippen molar-refractivity contribution in [2.45, 2.75) is 26.3 Å². The average Bonchev–Trinajstić information content (AvgIpc) is 2.98. The Morgan fingerprint density at radius 3 is 2.55 bits per heavy atom. The Bertz CT molecular complexity index is 662. The van der Waals surface area contributed by atoms with E-state index in [0.29, 0.717) is 6.42 Å². The van der Waals surface area contributed by atoms with E-state index in [4.69, 9.17) is 0 Å². The summed E-state index contributed by atoms with van der Waals surface area (Å²) in [5.74, 6) is -0.570. The third-order valence-corrected chi connectivity index (χ3v) is 3.39. The monoisotopic (exact) mass is 301 g/mol. The number of nitrogens with zero attached hydrogens (tertiary/aromatic N) is 1. The van der Waals surface area contributed by atoms with Gasteiger partial charge in [-0.25, -0.2) is 0 Å². The van der Waals surface area contributed by atoms with Crippen LogP contribution < -0.4 is 5.32 Å². The van der Waals surface area contributed by atoms with Gasteiger partial charge < -0.3 is 10.4 Å². The fourth-order valence-electron chi connectivity index (χ4n) is 2.10. The first-order valence-corrected chi connectivity index (χ1v) is 7.06. The summed E-state index contributed by atoms with van der Waals surface area (Å²) in [7, 11) is 0. The maximum atomic E-state index is 12.2. The van der Waals surface area contributed by atoms with Crippen LogP contribution in [0.3, 0.4) is 0 Å². The Morgan fingerprint density at radius 2 is 2.00 bits per heavy atom. The molecule has 6 nitrogen and oxygen atoms in total. The lowest BCUT2D eigenvalue weighted by Crippen LogP contribution is -2.29. The number of aromatic nitrogens is 2. The van der Waals surface area contributed by atoms with Crippen molar-refractivity contribution in [3.63, 3.8) is 0 Å². The smallest absolute Gasteiger partial charge is 0.269 e. The number of aromatic amines is 1. The minimum absolute atomic E-state index is 0.0412. The van der Waals surface area contributed by atoms with Crippen molar-refractivity contribution in [1.29, 1.82) is 0 Å².